The molecule has 0 bridgehead atoms. The number of aromatic nitrogens is 2. The van der Waals surface area contributed by atoms with Crippen molar-refractivity contribution < 1.29 is 17.9 Å². The van der Waals surface area contributed by atoms with Gasteiger partial charge in [0.05, 0.1) is 0 Å². The van der Waals surface area contributed by atoms with Crippen LogP contribution in [0.2, 0.25) is 0 Å². The number of carbonyl (C=O) groups is 1. The van der Waals surface area contributed by atoms with Crippen LogP contribution in [-0.4, -0.2) is 53.0 Å². The van der Waals surface area contributed by atoms with Crippen LogP contribution in [0.4, 0.5) is 4.79 Å². The molecule has 0 aliphatic carbocycles. The van der Waals surface area contributed by atoms with E-state index in [1.54, 1.807) is 20.8 Å². The molecule has 0 spiro atoms. The maximum absolute atomic E-state index is 13.0. The van der Waals surface area contributed by atoms with Crippen molar-refractivity contribution in [1.29, 1.82) is 0 Å². The molecule has 0 radical (unpaired) electrons. The molecular weight excluding hydrogens is 344 g/mol. The van der Waals surface area contributed by atoms with Crippen molar-refractivity contribution in [2.24, 2.45) is 5.92 Å². The SMILES string of the molecule is C[C@@H]1CC[C@H](CNC(=O)OC(C)(C)C)N(S(=O)(=O)c2ncc[nH]2)[C@H]1C. The highest BCUT2D eigenvalue weighted by Crippen LogP contribution is 2.32. The molecule has 8 nitrogen and oxygen atoms in total. The van der Waals surface area contributed by atoms with Gasteiger partial charge < -0.3 is 15.0 Å². The number of carbonyl (C=O) groups excluding carboxylic acids is 1. The molecule has 0 aromatic carbocycles. The van der Waals surface area contributed by atoms with Crippen molar-refractivity contribution in [3.63, 3.8) is 0 Å². The summed E-state index contributed by atoms with van der Waals surface area (Å²) in [6.45, 7) is 9.48. The minimum absolute atomic E-state index is 0.0734. The Labute approximate surface area is 149 Å². The van der Waals surface area contributed by atoms with E-state index >= 15 is 0 Å². The molecule has 142 valence electrons. The van der Waals surface area contributed by atoms with Gasteiger partial charge in [0.2, 0.25) is 5.16 Å². The number of hydrogen-bond acceptors (Lipinski definition) is 5. The summed E-state index contributed by atoms with van der Waals surface area (Å²) in [4.78, 5) is 18.5. The fourth-order valence-electron chi connectivity index (χ4n) is 3.02. The lowest BCUT2D eigenvalue weighted by atomic mass is 9.90. The van der Waals surface area contributed by atoms with Crippen molar-refractivity contribution in [3.05, 3.63) is 12.4 Å². The Bertz CT molecular complexity index is 681. The van der Waals surface area contributed by atoms with E-state index in [9.17, 15) is 13.2 Å². The predicted molar refractivity (Wildman–Crippen MR) is 93.5 cm³/mol. The number of nitrogens with zero attached hydrogens (tertiary/aromatic N) is 2. The third kappa shape index (κ3) is 4.72. The van der Waals surface area contributed by atoms with Crippen LogP contribution in [0.3, 0.4) is 0 Å². The fraction of sp³-hybridized carbons (Fsp3) is 0.750. The number of aromatic amines is 1. The van der Waals surface area contributed by atoms with Crippen molar-refractivity contribution >= 4 is 16.1 Å². The summed E-state index contributed by atoms with van der Waals surface area (Å²) in [5, 5.41) is 2.62. The number of nitrogens with one attached hydrogen (secondary N) is 2. The number of amides is 1. The zero-order valence-electron chi connectivity index (χ0n) is 15.4. The number of rotatable bonds is 4. The van der Waals surface area contributed by atoms with E-state index in [1.165, 1.54) is 16.7 Å². The second-order valence-corrected chi connectivity index (χ2v) is 9.32. The van der Waals surface area contributed by atoms with E-state index in [2.05, 4.69) is 15.3 Å². The average Bonchev–Trinajstić information content (AvgIpc) is 3.01. The minimum Gasteiger partial charge on any atom is -0.444 e. The van der Waals surface area contributed by atoms with Gasteiger partial charge in [-0.05, 0) is 46.5 Å². The smallest absolute Gasteiger partial charge is 0.407 e. The number of hydrogen-bond donors (Lipinski definition) is 2. The molecule has 25 heavy (non-hydrogen) atoms. The van der Waals surface area contributed by atoms with Gasteiger partial charge in [-0.15, -0.1) is 0 Å². The topological polar surface area (TPSA) is 104 Å². The average molecular weight is 372 g/mol. The second kappa shape index (κ2) is 7.33. The van der Waals surface area contributed by atoms with Crippen LogP contribution in [0.5, 0.6) is 0 Å². The summed E-state index contributed by atoms with van der Waals surface area (Å²) in [5.74, 6) is 0.225. The lowest BCUT2D eigenvalue weighted by Crippen LogP contribution is -2.55. The normalized spacial score (nSPS) is 25.6. The quantitative estimate of drug-likeness (QED) is 0.842. The highest BCUT2D eigenvalue weighted by molar-refractivity contribution is 7.89. The zero-order valence-corrected chi connectivity index (χ0v) is 16.3. The lowest BCUT2D eigenvalue weighted by Gasteiger charge is -2.42. The van der Waals surface area contributed by atoms with E-state index in [4.69, 9.17) is 4.74 Å². The molecule has 3 atom stereocenters. The first-order valence-electron chi connectivity index (χ1n) is 8.52. The second-order valence-electron chi connectivity index (χ2n) is 7.56. The van der Waals surface area contributed by atoms with Gasteiger partial charge in [0.25, 0.3) is 10.0 Å². The molecule has 1 aliphatic rings. The molecule has 2 N–H and O–H groups in total. The first kappa shape index (κ1) is 19.7. The molecular formula is C16H28N4O4S. The Morgan fingerprint density at radius 3 is 2.64 bits per heavy atom. The van der Waals surface area contributed by atoms with Gasteiger partial charge in [-0.25, -0.2) is 18.2 Å². The number of imidazole rings is 1. The van der Waals surface area contributed by atoms with Crippen molar-refractivity contribution in [2.45, 2.75) is 70.3 Å². The number of ether oxygens (including phenoxy) is 1. The molecule has 2 heterocycles. The number of alkyl carbamates (subject to hydrolysis) is 1. The van der Waals surface area contributed by atoms with Crippen molar-refractivity contribution in [2.75, 3.05) is 6.54 Å². The number of piperidine rings is 1. The molecule has 0 unspecified atom stereocenters. The standard InChI is InChI=1S/C16H28N4O4S/c1-11-6-7-13(10-19-15(21)24-16(3,4)5)20(12(11)2)25(22,23)14-17-8-9-18-14/h8-9,11-13H,6-7,10H2,1-5H3,(H,17,18)(H,19,21)/t11-,12+,13-/m1/s1. The van der Waals surface area contributed by atoms with Gasteiger partial charge >= 0.3 is 6.09 Å². The Balaban J connectivity index is 2.16. The Hall–Kier alpha value is -1.61. The van der Waals surface area contributed by atoms with Gasteiger partial charge in [0, 0.05) is 31.0 Å². The van der Waals surface area contributed by atoms with E-state index < -0.39 is 21.7 Å². The van der Waals surface area contributed by atoms with Crippen LogP contribution < -0.4 is 5.32 Å². The van der Waals surface area contributed by atoms with E-state index in [-0.39, 0.29) is 29.7 Å². The van der Waals surface area contributed by atoms with Crippen LogP contribution in [0.25, 0.3) is 0 Å². The predicted octanol–water partition coefficient (Wildman–Crippen LogP) is 2.11. The molecule has 1 amide bonds. The largest absolute Gasteiger partial charge is 0.444 e. The van der Waals surface area contributed by atoms with Crippen LogP contribution in [-0.2, 0) is 14.8 Å². The molecule has 1 aromatic rings. The van der Waals surface area contributed by atoms with Gasteiger partial charge in [-0.2, -0.15) is 4.31 Å². The highest BCUT2D eigenvalue weighted by Gasteiger charge is 2.42. The summed E-state index contributed by atoms with van der Waals surface area (Å²) in [6.07, 6.45) is 3.92. The lowest BCUT2D eigenvalue weighted by molar-refractivity contribution is 0.0497. The molecule has 1 aromatic heterocycles. The molecule has 9 heteroatoms. The van der Waals surface area contributed by atoms with Crippen molar-refractivity contribution in [3.8, 4) is 0 Å². The first-order chi connectivity index (χ1) is 11.5. The summed E-state index contributed by atoms with van der Waals surface area (Å²) < 4.78 is 32.7. The Morgan fingerprint density at radius 1 is 1.40 bits per heavy atom. The summed E-state index contributed by atoms with van der Waals surface area (Å²) >= 11 is 0. The molecule has 1 aliphatic heterocycles. The molecule has 1 fully saturated rings. The van der Waals surface area contributed by atoms with Crippen molar-refractivity contribution in [1.82, 2.24) is 19.6 Å². The maximum atomic E-state index is 13.0. The molecule has 0 saturated carbocycles. The third-order valence-corrected chi connectivity index (χ3v) is 6.31. The van der Waals surface area contributed by atoms with Crippen LogP contribution in [0.1, 0.15) is 47.5 Å². The van der Waals surface area contributed by atoms with E-state index in [0.29, 0.717) is 6.42 Å². The summed E-state index contributed by atoms with van der Waals surface area (Å²) in [7, 11) is -3.76. The third-order valence-electron chi connectivity index (χ3n) is 4.42. The van der Waals surface area contributed by atoms with Crippen LogP contribution in [0.15, 0.2) is 17.6 Å². The van der Waals surface area contributed by atoms with Gasteiger partial charge in [0.1, 0.15) is 5.60 Å². The Kier molecular flexibility index (Phi) is 5.78. The number of H-pyrrole nitrogens is 1. The Morgan fingerprint density at radius 2 is 2.08 bits per heavy atom. The fourth-order valence-corrected chi connectivity index (χ4v) is 4.85. The van der Waals surface area contributed by atoms with Gasteiger partial charge in [-0.3, -0.25) is 0 Å². The van der Waals surface area contributed by atoms with Gasteiger partial charge in [-0.1, -0.05) is 6.92 Å². The maximum Gasteiger partial charge on any atom is 0.407 e. The number of sulfonamides is 1. The molecule has 2 rings (SSSR count). The minimum atomic E-state index is -3.76. The zero-order chi connectivity index (χ0) is 18.8. The van der Waals surface area contributed by atoms with E-state index in [1.807, 2.05) is 13.8 Å². The monoisotopic (exact) mass is 372 g/mol. The summed E-state index contributed by atoms with van der Waals surface area (Å²) in [5.41, 5.74) is -0.599. The van der Waals surface area contributed by atoms with E-state index in [0.717, 1.165) is 6.42 Å². The van der Waals surface area contributed by atoms with Gasteiger partial charge in [0.15, 0.2) is 0 Å². The summed E-state index contributed by atoms with van der Waals surface area (Å²) in [6, 6.07) is -0.525. The highest BCUT2D eigenvalue weighted by atomic mass is 32.2. The first-order valence-corrected chi connectivity index (χ1v) is 9.96. The molecule has 1 saturated heterocycles. The van der Waals surface area contributed by atoms with Crippen LogP contribution in [0, 0.1) is 5.92 Å². The van der Waals surface area contributed by atoms with Crippen LogP contribution >= 0.6 is 0 Å².